The van der Waals surface area contributed by atoms with Crippen molar-refractivity contribution in [1.82, 2.24) is 4.90 Å². The normalized spacial score (nSPS) is 14.8. The molecule has 0 bridgehead atoms. The third-order valence-corrected chi connectivity index (χ3v) is 3.27. The summed E-state index contributed by atoms with van der Waals surface area (Å²) in [6.07, 6.45) is 0.888. The van der Waals surface area contributed by atoms with Gasteiger partial charge in [-0.2, -0.15) is 0 Å². The molecule has 4 nitrogen and oxygen atoms in total. The molecule has 0 aliphatic carbocycles. The second-order valence-electron chi connectivity index (χ2n) is 4.95. The highest BCUT2D eigenvalue weighted by atomic mass is 16.5. The van der Waals surface area contributed by atoms with Gasteiger partial charge in [0.25, 0.3) is 5.91 Å². The molecule has 98 valence electrons. The van der Waals surface area contributed by atoms with Crippen molar-refractivity contribution in [2.75, 3.05) is 26.7 Å². The summed E-state index contributed by atoms with van der Waals surface area (Å²) in [7, 11) is 1.82. The SMILES string of the molecule is CC(CN)CN(C)C(=O)c1ccc2c(c1)CCO2. The standard InChI is InChI=1S/C14H20N2O2/c1-10(8-15)9-16(2)14(17)12-3-4-13-11(7-12)5-6-18-13/h3-4,7,10H,5-6,8-9,15H2,1-2H3. The molecule has 2 N–H and O–H groups in total. The lowest BCUT2D eigenvalue weighted by Crippen LogP contribution is -2.33. The molecular weight excluding hydrogens is 228 g/mol. The molecule has 1 amide bonds. The Morgan fingerprint density at radius 2 is 2.33 bits per heavy atom. The highest BCUT2D eigenvalue weighted by Gasteiger charge is 2.18. The molecule has 1 heterocycles. The summed E-state index contributed by atoms with van der Waals surface area (Å²) in [4.78, 5) is 14.0. The number of rotatable bonds is 4. The minimum absolute atomic E-state index is 0.0463. The van der Waals surface area contributed by atoms with E-state index in [0.29, 0.717) is 25.6 Å². The van der Waals surface area contributed by atoms with Crippen LogP contribution in [0.15, 0.2) is 18.2 Å². The first-order chi connectivity index (χ1) is 8.61. The summed E-state index contributed by atoms with van der Waals surface area (Å²) in [5.41, 5.74) is 7.43. The Labute approximate surface area is 108 Å². The maximum absolute atomic E-state index is 12.2. The molecule has 2 rings (SSSR count). The first kappa shape index (κ1) is 12.9. The highest BCUT2D eigenvalue weighted by molar-refractivity contribution is 5.94. The molecular formula is C14H20N2O2. The van der Waals surface area contributed by atoms with Crippen molar-refractivity contribution in [2.24, 2.45) is 11.7 Å². The van der Waals surface area contributed by atoms with E-state index in [9.17, 15) is 4.79 Å². The zero-order valence-electron chi connectivity index (χ0n) is 11.0. The van der Waals surface area contributed by atoms with E-state index in [-0.39, 0.29) is 5.91 Å². The van der Waals surface area contributed by atoms with E-state index in [1.54, 1.807) is 4.90 Å². The quantitative estimate of drug-likeness (QED) is 0.873. The van der Waals surface area contributed by atoms with Crippen LogP contribution in [0.1, 0.15) is 22.8 Å². The van der Waals surface area contributed by atoms with E-state index in [4.69, 9.17) is 10.5 Å². The van der Waals surface area contributed by atoms with Gasteiger partial charge in [0, 0.05) is 25.6 Å². The van der Waals surface area contributed by atoms with Crippen molar-refractivity contribution in [2.45, 2.75) is 13.3 Å². The Balaban J connectivity index is 2.09. The summed E-state index contributed by atoms with van der Waals surface area (Å²) in [6, 6.07) is 5.65. The van der Waals surface area contributed by atoms with Crippen LogP contribution in [0.25, 0.3) is 0 Å². The van der Waals surface area contributed by atoms with Crippen molar-refractivity contribution >= 4 is 5.91 Å². The molecule has 0 saturated heterocycles. The van der Waals surface area contributed by atoms with Crippen molar-refractivity contribution in [3.8, 4) is 5.75 Å². The molecule has 0 fully saturated rings. The number of fused-ring (bicyclic) bond motifs is 1. The minimum atomic E-state index is 0.0463. The summed E-state index contributed by atoms with van der Waals surface area (Å²) in [5.74, 6) is 1.27. The van der Waals surface area contributed by atoms with Gasteiger partial charge in [-0.3, -0.25) is 4.79 Å². The van der Waals surface area contributed by atoms with Gasteiger partial charge in [0.15, 0.2) is 0 Å². The van der Waals surface area contributed by atoms with Crippen LogP contribution in [0.4, 0.5) is 0 Å². The second kappa shape index (κ2) is 5.40. The fourth-order valence-corrected chi connectivity index (χ4v) is 2.16. The molecule has 4 heteroatoms. The van der Waals surface area contributed by atoms with Gasteiger partial charge in [-0.1, -0.05) is 6.92 Å². The van der Waals surface area contributed by atoms with E-state index in [1.807, 2.05) is 32.2 Å². The average molecular weight is 248 g/mol. The largest absolute Gasteiger partial charge is 0.493 e. The van der Waals surface area contributed by atoms with Crippen LogP contribution < -0.4 is 10.5 Å². The predicted octanol–water partition coefficient (Wildman–Crippen LogP) is 1.29. The van der Waals surface area contributed by atoms with Crippen LogP contribution in [0.3, 0.4) is 0 Å². The topological polar surface area (TPSA) is 55.6 Å². The minimum Gasteiger partial charge on any atom is -0.493 e. The van der Waals surface area contributed by atoms with Crippen molar-refractivity contribution < 1.29 is 9.53 Å². The second-order valence-corrected chi connectivity index (χ2v) is 4.95. The molecule has 1 unspecified atom stereocenters. The summed E-state index contributed by atoms with van der Waals surface area (Å²) in [6.45, 7) is 4.03. The molecule has 0 radical (unpaired) electrons. The van der Waals surface area contributed by atoms with Crippen LogP contribution >= 0.6 is 0 Å². The van der Waals surface area contributed by atoms with Crippen LogP contribution in [0.2, 0.25) is 0 Å². The van der Waals surface area contributed by atoms with E-state index in [0.717, 1.165) is 23.3 Å². The molecule has 1 aromatic rings. The Morgan fingerprint density at radius 3 is 3.06 bits per heavy atom. The van der Waals surface area contributed by atoms with Gasteiger partial charge in [0.2, 0.25) is 0 Å². The van der Waals surface area contributed by atoms with Crippen LogP contribution in [-0.2, 0) is 6.42 Å². The zero-order valence-corrected chi connectivity index (χ0v) is 11.0. The number of hydrogen-bond acceptors (Lipinski definition) is 3. The Morgan fingerprint density at radius 1 is 1.56 bits per heavy atom. The molecule has 0 saturated carbocycles. The van der Waals surface area contributed by atoms with E-state index in [1.165, 1.54) is 0 Å². The van der Waals surface area contributed by atoms with Gasteiger partial charge in [-0.25, -0.2) is 0 Å². The van der Waals surface area contributed by atoms with E-state index >= 15 is 0 Å². The predicted molar refractivity (Wildman–Crippen MR) is 70.8 cm³/mol. The van der Waals surface area contributed by atoms with Gasteiger partial charge < -0.3 is 15.4 Å². The van der Waals surface area contributed by atoms with Gasteiger partial charge in [0.05, 0.1) is 6.61 Å². The summed E-state index contributed by atoms with van der Waals surface area (Å²) in [5, 5.41) is 0. The molecule has 0 aromatic heterocycles. The van der Waals surface area contributed by atoms with Crippen molar-refractivity contribution in [1.29, 1.82) is 0 Å². The van der Waals surface area contributed by atoms with Crippen molar-refractivity contribution in [3.05, 3.63) is 29.3 Å². The summed E-state index contributed by atoms with van der Waals surface area (Å²) < 4.78 is 5.43. The number of amides is 1. The number of carbonyl (C=O) groups excluding carboxylic acids is 1. The maximum Gasteiger partial charge on any atom is 0.253 e. The molecule has 1 aliphatic rings. The number of nitrogens with zero attached hydrogens (tertiary/aromatic N) is 1. The average Bonchev–Trinajstić information content (AvgIpc) is 2.84. The lowest BCUT2D eigenvalue weighted by atomic mass is 10.1. The first-order valence-corrected chi connectivity index (χ1v) is 6.33. The number of carbonyl (C=O) groups is 1. The molecule has 1 atom stereocenters. The fraction of sp³-hybridized carbons (Fsp3) is 0.500. The lowest BCUT2D eigenvalue weighted by molar-refractivity contribution is 0.0777. The van der Waals surface area contributed by atoms with Gasteiger partial charge in [-0.05, 0) is 36.2 Å². The molecule has 1 aromatic carbocycles. The fourth-order valence-electron chi connectivity index (χ4n) is 2.16. The molecule has 18 heavy (non-hydrogen) atoms. The Bertz CT molecular complexity index is 445. The smallest absolute Gasteiger partial charge is 0.253 e. The van der Waals surface area contributed by atoms with E-state index < -0.39 is 0 Å². The van der Waals surface area contributed by atoms with E-state index in [2.05, 4.69) is 0 Å². The number of hydrogen-bond donors (Lipinski definition) is 1. The van der Waals surface area contributed by atoms with Gasteiger partial charge in [0.1, 0.15) is 5.75 Å². The van der Waals surface area contributed by atoms with Crippen LogP contribution in [0, 0.1) is 5.92 Å². The highest BCUT2D eigenvalue weighted by Crippen LogP contribution is 2.26. The van der Waals surface area contributed by atoms with Crippen molar-refractivity contribution in [3.63, 3.8) is 0 Å². The Hall–Kier alpha value is -1.55. The number of benzene rings is 1. The summed E-state index contributed by atoms with van der Waals surface area (Å²) >= 11 is 0. The number of ether oxygens (including phenoxy) is 1. The van der Waals surface area contributed by atoms with Crippen LogP contribution in [-0.4, -0.2) is 37.6 Å². The third kappa shape index (κ3) is 2.64. The van der Waals surface area contributed by atoms with Crippen LogP contribution in [0.5, 0.6) is 5.75 Å². The lowest BCUT2D eigenvalue weighted by Gasteiger charge is -2.21. The third-order valence-electron chi connectivity index (χ3n) is 3.27. The first-order valence-electron chi connectivity index (χ1n) is 6.33. The van der Waals surface area contributed by atoms with Gasteiger partial charge >= 0.3 is 0 Å². The molecule has 1 aliphatic heterocycles. The monoisotopic (exact) mass is 248 g/mol. The van der Waals surface area contributed by atoms with Gasteiger partial charge in [-0.15, -0.1) is 0 Å². The maximum atomic E-state index is 12.2. The molecule has 0 spiro atoms. The number of nitrogens with two attached hydrogens (primary N) is 1. The zero-order chi connectivity index (χ0) is 13.1. The Kier molecular flexibility index (Phi) is 3.87.